The first-order valence-electron chi connectivity index (χ1n) is 15.8. The van der Waals surface area contributed by atoms with Gasteiger partial charge in [0.2, 0.25) is 5.78 Å². The molecule has 0 fully saturated rings. The van der Waals surface area contributed by atoms with Crippen molar-refractivity contribution in [2.75, 3.05) is 6.61 Å². The lowest BCUT2D eigenvalue weighted by Gasteiger charge is -2.29. The van der Waals surface area contributed by atoms with Crippen molar-refractivity contribution in [2.45, 2.75) is 50.9 Å². The number of phenols is 6. The van der Waals surface area contributed by atoms with Gasteiger partial charge in [0.1, 0.15) is 51.6 Å². The lowest BCUT2D eigenvalue weighted by atomic mass is 9.81. The number of benzene rings is 4. The Balaban J connectivity index is 1.50. The molecule has 0 radical (unpaired) electrons. The molecule has 252 valence electrons. The molecule has 1 atom stereocenters. The third kappa shape index (κ3) is 5.61. The average molecular weight is 663 g/mol. The number of hydrogen-bond acceptors (Lipinski definition) is 9. The summed E-state index contributed by atoms with van der Waals surface area (Å²) in [6.07, 6.45) is 3.79. The fourth-order valence-electron chi connectivity index (χ4n) is 6.37. The number of ether oxygens (including phenoxy) is 1. The number of hydrogen-bond donors (Lipinski definition) is 6. The van der Waals surface area contributed by atoms with Gasteiger partial charge in [0, 0.05) is 63.1 Å². The van der Waals surface area contributed by atoms with Crippen LogP contribution in [0.3, 0.4) is 0 Å². The molecule has 0 saturated heterocycles. The molecule has 0 amide bonds. The van der Waals surface area contributed by atoms with Gasteiger partial charge >= 0.3 is 0 Å². The lowest BCUT2D eigenvalue weighted by Crippen LogP contribution is -2.21. The summed E-state index contributed by atoms with van der Waals surface area (Å²) in [5.74, 6) is -1.88. The van der Waals surface area contributed by atoms with Gasteiger partial charge in [-0.15, -0.1) is 13.2 Å². The predicted molar refractivity (Wildman–Crippen MR) is 186 cm³/mol. The van der Waals surface area contributed by atoms with E-state index < -0.39 is 28.3 Å². The van der Waals surface area contributed by atoms with E-state index in [4.69, 9.17) is 9.15 Å². The number of phenolic OH excluding ortho intramolecular Hbond substituents is 6. The minimum Gasteiger partial charge on any atom is -0.508 e. The summed E-state index contributed by atoms with van der Waals surface area (Å²) < 4.78 is 12.2. The van der Waals surface area contributed by atoms with Crippen LogP contribution in [-0.2, 0) is 17.3 Å². The highest BCUT2D eigenvalue weighted by molar-refractivity contribution is 6.21. The van der Waals surface area contributed by atoms with Gasteiger partial charge < -0.3 is 39.8 Å². The zero-order valence-electron chi connectivity index (χ0n) is 27.7. The SMILES string of the molecule is C=CC(C)(C)c1cc2c(cc1O)OCC(c1cc(-c3oc4cc(O)ccc4c3C(=O)c3cc(C(C)(C)C=C)c(O)cc3O)c(O)cc1O)C2. The summed E-state index contributed by atoms with van der Waals surface area (Å²) in [5, 5.41) is 65.1. The lowest BCUT2D eigenvalue weighted by molar-refractivity contribution is 0.103. The van der Waals surface area contributed by atoms with Gasteiger partial charge in [-0.2, -0.15) is 0 Å². The number of allylic oxidation sites excluding steroid dienone is 2. The summed E-state index contributed by atoms with van der Waals surface area (Å²) in [7, 11) is 0. The second kappa shape index (κ2) is 11.7. The van der Waals surface area contributed by atoms with Crippen LogP contribution >= 0.6 is 0 Å². The Hall–Kier alpha value is -5.83. The molecule has 6 rings (SSSR count). The smallest absolute Gasteiger partial charge is 0.201 e. The Morgan fingerprint density at radius 1 is 0.776 bits per heavy atom. The van der Waals surface area contributed by atoms with Crippen LogP contribution in [0.25, 0.3) is 22.3 Å². The van der Waals surface area contributed by atoms with Gasteiger partial charge in [-0.1, -0.05) is 39.8 Å². The largest absolute Gasteiger partial charge is 0.508 e. The quantitative estimate of drug-likeness (QED) is 0.0711. The van der Waals surface area contributed by atoms with Gasteiger partial charge in [0.05, 0.1) is 23.3 Å². The van der Waals surface area contributed by atoms with Crippen LogP contribution in [0.1, 0.15) is 71.8 Å². The Morgan fingerprint density at radius 2 is 1.41 bits per heavy atom. The van der Waals surface area contributed by atoms with Crippen LogP contribution < -0.4 is 4.74 Å². The number of furan rings is 1. The van der Waals surface area contributed by atoms with Crippen LogP contribution in [0.2, 0.25) is 0 Å². The molecule has 9 heteroatoms. The van der Waals surface area contributed by atoms with Crippen molar-refractivity contribution in [2.24, 2.45) is 0 Å². The maximum atomic E-state index is 14.4. The van der Waals surface area contributed by atoms with Gasteiger partial charge in [0.15, 0.2) is 0 Å². The minimum absolute atomic E-state index is 0.0118. The summed E-state index contributed by atoms with van der Waals surface area (Å²) in [4.78, 5) is 14.4. The Bertz CT molecular complexity index is 2180. The predicted octanol–water partition coefficient (Wildman–Crippen LogP) is 8.21. The van der Waals surface area contributed by atoms with Crippen molar-refractivity contribution in [1.82, 2.24) is 0 Å². The van der Waals surface area contributed by atoms with E-state index >= 15 is 0 Å². The second-order valence-electron chi connectivity index (χ2n) is 13.7. The molecule has 1 aliphatic rings. The normalized spacial score (nSPS) is 14.7. The Kier molecular flexibility index (Phi) is 7.90. The number of aromatic hydroxyl groups is 6. The Morgan fingerprint density at radius 3 is 2.08 bits per heavy atom. The van der Waals surface area contributed by atoms with Crippen molar-refractivity contribution in [3.05, 3.63) is 113 Å². The average Bonchev–Trinajstić information content (AvgIpc) is 3.42. The minimum atomic E-state index is -0.758. The van der Waals surface area contributed by atoms with E-state index in [1.807, 2.05) is 19.9 Å². The van der Waals surface area contributed by atoms with Crippen LogP contribution in [0.15, 0.2) is 84.3 Å². The van der Waals surface area contributed by atoms with Crippen LogP contribution in [0.5, 0.6) is 40.2 Å². The molecule has 5 aromatic rings. The van der Waals surface area contributed by atoms with Crippen molar-refractivity contribution < 1.29 is 44.6 Å². The molecular formula is C40H38O9. The molecule has 0 aliphatic carbocycles. The Labute approximate surface area is 283 Å². The zero-order chi connectivity index (χ0) is 35.6. The maximum absolute atomic E-state index is 14.4. The molecule has 1 aromatic heterocycles. The summed E-state index contributed by atoms with van der Waals surface area (Å²) in [5.41, 5.74) is 1.07. The van der Waals surface area contributed by atoms with E-state index in [9.17, 15) is 35.4 Å². The first-order valence-corrected chi connectivity index (χ1v) is 15.8. The molecule has 6 N–H and O–H groups in total. The van der Waals surface area contributed by atoms with E-state index in [1.54, 1.807) is 32.1 Å². The fraction of sp³-hybridized carbons (Fsp3) is 0.225. The van der Waals surface area contributed by atoms with Crippen molar-refractivity contribution in [3.8, 4) is 51.6 Å². The molecule has 49 heavy (non-hydrogen) atoms. The molecular weight excluding hydrogens is 624 g/mol. The second-order valence-corrected chi connectivity index (χ2v) is 13.7. The van der Waals surface area contributed by atoms with Crippen LogP contribution in [0.4, 0.5) is 0 Å². The molecule has 1 aliphatic heterocycles. The topological polar surface area (TPSA) is 161 Å². The van der Waals surface area contributed by atoms with Gasteiger partial charge in [-0.05, 0) is 42.3 Å². The number of carbonyl (C=O) groups is 1. The standard InChI is InChI=1S/C40H38O9/c1-7-39(3,4)27-12-20-11-21(19-48-34(20)18-33(27)46)24-14-26(31(44)16-29(24)42)38-36(23-10-9-22(41)13-35(23)49-38)37(47)25-15-28(40(5,6)8-2)32(45)17-30(25)43/h7-10,12-18,21,41-46H,1-2,11,19H2,3-6H3. The third-order valence-electron chi connectivity index (χ3n) is 9.58. The highest BCUT2D eigenvalue weighted by atomic mass is 16.5. The van der Waals surface area contributed by atoms with Gasteiger partial charge in [-0.25, -0.2) is 0 Å². The van der Waals surface area contributed by atoms with E-state index in [-0.39, 0.29) is 63.4 Å². The number of fused-ring (bicyclic) bond motifs is 2. The summed E-state index contributed by atoms with van der Waals surface area (Å²) in [6.45, 7) is 15.3. The monoisotopic (exact) mass is 662 g/mol. The summed E-state index contributed by atoms with van der Waals surface area (Å²) >= 11 is 0. The van der Waals surface area contributed by atoms with Crippen molar-refractivity contribution in [3.63, 3.8) is 0 Å². The van der Waals surface area contributed by atoms with E-state index in [1.165, 1.54) is 36.4 Å². The molecule has 0 spiro atoms. The van der Waals surface area contributed by atoms with Crippen LogP contribution in [0, 0.1) is 0 Å². The first-order chi connectivity index (χ1) is 23.1. The highest BCUT2D eigenvalue weighted by Gasteiger charge is 2.33. The maximum Gasteiger partial charge on any atom is 0.201 e. The molecule has 1 unspecified atom stereocenters. The van der Waals surface area contributed by atoms with Crippen molar-refractivity contribution in [1.29, 1.82) is 0 Å². The fourth-order valence-corrected chi connectivity index (χ4v) is 6.37. The van der Waals surface area contributed by atoms with E-state index in [0.29, 0.717) is 34.2 Å². The third-order valence-corrected chi connectivity index (χ3v) is 9.58. The number of rotatable bonds is 8. The van der Waals surface area contributed by atoms with Gasteiger partial charge in [0.25, 0.3) is 0 Å². The molecule has 4 aromatic carbocycles. The number of carbonyl (C=O) groups excluding carboxylic acids is 1. The molecule has 9 nitrogen and oxygen atoms in total. The molecule has 0 bridgehead atoms. The van der Waals surface area contributed by atoms with Crippen LogP contribution in [-0.4, -0.2) is 43.0 Å². The summed E-state index contributed by atoms with van der Waals surface area (Å²) in [6, 6.07) is 12.9. The number of ketones is 1. The zero-order valence-corrected chi connectivity index (χ0v) is 27.7. The van der Waals surface area contributed by atoms with Crippen molar-refractivity contribution >= 4 is 16.8 Å². The highest BCUT2D eigenvalue weighted by Crippen LogP contribution is 2.47. The molecule has 2 heterocycles. The van der Waals surface area contributed by atoms with E-state index in [2.05, 4.69) is 13.2 Å². The molecule has 0 saturated carbocycles. The van der Waals surface area contributed by atoms with E-state index in [0.717, 1.165) is 11.6 Å². The van der Waals surface area contributed by atoms with Gasteiger partial charge in [-0.3, -0.25) is 4.79 Å². The first kappa shape index (κ1) is 33.1.